The molecule has 0 radical (unpaired) electrons. The van der Waals surface area contributed by atoms with Crippen molar-refractivity contribution in [1.29, 1.82) is 0 Å². The molecule has 1 heterocycles. The van der Waals surface area contributed by atoms with E-state index < -0.39 is 12.0 Å². The van der Waals surface area contributed by atoms with Gasteiger partial charge in [-0.05, 0) is 53.1 Å². The van der Waals surface area contributed by atoms with Crippen LogP contribution >= 0.6 is 0 Å². The van der Waals surface area contributed by atoms with Crippen molar-refractivity contribution in [2.45, 2.75) is 59.4 Å². The van der Waals surface area contributed by atoms with Crippen LogP contribution in [0.5, 0.6) is 0 Å². The molecular weight excluding hydrogens is 376 g/mol. The number of benzodiazepines with no additional fused rings is 1. The van der Waals surface area contributed by atoms with Crippen molar-refractivity contribution in [3.8, 4) is 0 Å². The third-order valence-electron chi connectivity index (χ3n) is 5.55. The van der Waals surface area contributed by atoms with Gasteiger partial charge in [0, 0.05) is 11.1 Å². The number of amides is 1. The van der Waals surface area contributed by atoms with Gasteiger partial charge in [0.1, 0.15) is 6.04 Å². The molecule has 158 valence electrons. The Labute approximate surface area is 178 Å². The SMILES string of the molecule is CC(C)c1cc2c(cc1C(C)C)C(c1ccc(C(=O)O)cc1)=NC(C(C)C)C(=O)N2. The molecule has 1 unspecified atom stereocenters. The van der Waals surface area contributed by atoms with E-state index in [1.54, 1.807) is 24.3 Å². The second-order valence-corrected chi connectivity index (χ2v) is 8.87. The summed E-state index contributed by atoms with van der Waals surface area (Å²) in [7, 11) is 0. The predicted molar refractivity (Wildman–Crippen MR) is 121 cm³/mol. The first-order valence-electron chi connectivity index (χ1n) is 10.5. The monoisotopic (exact) mass is 406 g/mol. The van der Waals surface area contributed by atoms with E-state index in [-0.39, 0.29) is 17.4 Å². The number of rotatable bonds is 5. The highest BCUT2D eigenvalue weighted by atomic mass is 16.4. The minimum absolute atomic E-state index is 0.0294. The molecule has 0 spiro atoms. The van der Waals surface area contributed by atoms with Crippen LogP contribution in [0.15, 0.2) is 41.4 Å². The Hall–Kier alpha value is -2.95. The second kappa shape index (κ2) is 8.42. The number of hydrogen-bond acceptors (Lipinski definition) is 3. The molecule has 0 saturated heterocycles. The molecule has 2 aromatic rings. The summed E-state index contributed by atoms with van der Waals surface area (Å²) >= 11 is 0. The van der Waals surface area contributed by atoms with Crippen molar-refractivity contribution in [2.24, 2.45) is 10.9 Å². The third-order valence-corrected chi connectivity index (χ3v) is 5.55. The van der Waals surface area contributed by atoms with Gasteiger partial charge in [-0.25, -0.2) is 4.79 Å². The highest BCUT2D eigenvalue weighted by Gasteiger charge is 2.29. The van der Waals surface area contributed by atoms with E-state index in [1.165, 1.54) is 11.1 Å². The van der Waals surface area contributed by atoms with Gasteiger partial charge in [-0.15, -0.1) is 0 Å². The fourth-order valence-electron chi connectivity index (χ4n) is 3.86. The van der Waals surface area contributed by atoms with Crippen LogP contribution in [0.1, 0.15) is 86.0 Å². The van der Waals surface area contributed by atoms with Gasteiger partial charge in [-0.1, -0.05) is 53.7 Å². The van der Waals surface area contributed by atoms with Crippen molar-refractivity contribution < 1.29 is 14.7 Å². The Morgan fingerprint density at radius 3 is 2.03 bits per heavy atom. The van der Waals surface area contributed by atoms with Crippen LogP contribution in [-0.4, -0.2) is 28.7 Å². The Morgan fingerprint density at radius 1 is 0.967 bits per heavy atom. The molecule has 1 aliphatic heterocycles. The number of carboxylic acids is 1. The maximum absolute atomic E-state index is 12.9. The van der Waals surface area contributed by atoms with Gasteiger partial charge in [0.15, 0.2) is 0 Å². The smallest absolute Gasteiger partial charge is 0.335 e. The van der Waals surface area contributed by atoms with Crippen molar-refractivity contribution in [1.82, 2.24) is 0 Å². The van der Waals surface area contributed by atoms with Gasteiger partial charge in [0.2, 0.25) is 5.91 Å². The topological polar surface area (TPSA) is 78.8 Å². The molecule has 30 heavy (non-hydrogen) atoms. The molecule has 2 aromatic carbocycles. The summed E-state index contributed by atoms with van der Waals surface area (Å²) in [5.74, 6) is -0.408. The molecule has 0 aromatic heterocycles. The van der Waals surface area contributed by atoms with Crippen LogP contribution in [0, 0.1) is 5.92 Å². The number of nitrogens with one attached hydrogen (secondary N) is 1. The Morgan fingerprint density at radius 2 is 1.53 bits per heavy atom. The number of fused-ring (bicyclic) bond motifs is 1. The zero-order valence-corrected chi connectivity index (χ0v) is 18.5. The lowest BCUT2D eigenvalue weighted by Crippen LogP contribution is -2.30. The van der Waals surface area contributed by atoms with Gasteiger partial charge in [-0.3, -0.25) is 9.79 Å². The lowest BCUT2D eigenvalue weighted by molar-refractivity contribution is -0.118. The number of nitrogens with zero attached hydrogens (tertiary/aromatic N) is 1. The lowest BCUT2D eigenvalue weighted by Gasteiger charge is -2.21. The number of aromatic carboxylic acids is 1. The first-order valence-corrected chi connectivity index (χ1v) is 10.5. The van der Waals surface area contributed by atoms with E-state index in [1.807, 2.05) is 13.8 Å². The van der Waals surface area contributed by atoms with E-state index in [2.05, 4.69) is 45.1 Å². The zero-order chi connectivity index (χ0) is 22.2. The molecule has 1 amide bonds. The van der Waals surface area contributed by atoms with Gasteiger partial charge in [-0.2, -0.15) is 0 Å². The average molecular weight is 407 g/mol. The molecule has 0 saturated carbocycles. The largest absolute Gasteiger partial charge is 0.478 e. The fourth-order valence-corrected chi connectivity index (χ4v) is 3.86. The number of carbonyl (C=O) groups is 2. The fraction of sp³-hybridized carbons (Fsp3) is 0.400. The summed E-state index contributed by atoms with van der Waals surface area (Å²) in [5.41, 5.74) is 5.83. The molecule has 0 fully saturated rings. The van der Waals surface area contributed by atoms with Crippen LogP contribution in [0.25, 0.3) is 0 Å². The number of carboxylic acid groups (broad SMARTS) is 1. The van der Waals surface area contributed by atoms with Crippen molar-refractivity contribution in [3.05, 3.63) is 64.2 Å². The van der Waals surface area contributed by atoms with Crippen LogP contribution in [-0.2, 0) is 4.79 Å². The number of benzene rings is 2. The molecule has 3 rings (SSSR count). The quantitative estimate of drug-likeness (QED) is 0.693. The van der Waals surface area contributed by atoms with Gasteiger partial charge < -0.3 is 10.4 Å². The summed E-state index contributed by atoms with van der Waals surface area (Å²) in [5, 5.41) is 12.3. The Kier molecular flexibility index (Phi) is 6.11. The second-order valence-electron chi connectivity index (χ2n) is 8.87. The lowest BCUT2D eigenvalue weighted by atomic mass is 9.86. The predicted octanol–water partition coefficient (Wildman–Crippen LogP) is 5.45. The Balaban J connectivity index is 2.27. The molecule has 0 aliphatic carbocycles. The maximum atomic E-state index is 12.9. The molecular formula is C25H30N2O3. The number of anilines is 1. The number of carbonyl (C=O) groups excluding carboxylic acids is 1. The van der Waals surface area contributed by atoms with E-state index >= 15 is 0 Å². The molecule has 5 heteroatoms. The molecule has 1 aliphatic rings. The molecule has 1 atom stereocenters. The highest BCUT2D eigenvalue weighted by Crippen LogP contribution is 2.35. The summed E-state index contributed by atoms with van der Waals surface area (Å²) in [4.78, 5) is 29.1. The van der Waals surface area contributed by atoms with E-state index in [0.717, 1.165) is 22.5 Å². The third kappa shape index (κ3) is 4.16. The van der Waals surface area contributed by atoms with E-state index in [4.69, 9.17) is 4.99 Å². The summed E-state index contributed by atoms with van der Waals surface area (Å²) in [6.07, 6.45) is 0. The summed E-state index contributed by atoms with van der Waals surface area (Å²) in [6.45, 7) is 12.6. The van der Waals surface area contributed by atoms with Gasteiger partial charge in [0.25, 0.3) is 0 Å². The molecule has 5 nitrogen and oxygen atoms in total. The van der Waals surface area contributed by atoms with Crippen LogP contribution in [0.3, 0.4) is 0 Å². The van der Waals surface area contributed by atoms with Crippen molar-refractivity contribution in [3.63, 3.8) is 0 Å². The Bertz CT molecular complexity index is 1000. The average Bonchev–Trinajstić information content (AvgIpc) is 2.82. The summed E-state index contributed by atoms with van der Waals surface area (Å²) < 4.78 is 0. The molecule has 2 N–H and O–H groups in total. The minimum atomic E-state index is -0.967. The van der Waals surface area contributed by atoms with Crippen molar-refractivity contribution >= 4 is 23.3 Å². The number of aliphatic imine (C=N–C) groups is 1. The zero-order valence-electron chi connectivity index (χ0n) is 18.5. The van der Waals surface area contributed by atoms with Crippen LogP contribution in [0.2, 0.25) is 0 Å². The number of hydrogen-bond donors (Lipinski definition) is 2. The van der Waals surface area contributed by atoms with Crippen LogP contribution < -0.4 is 5.32 Å². The van der Waals surface area contributed by atoms with Crippen molar-refractivity contribution in [2.75, 3.05) is 5.32 Å². The first-order chi connectivity index (χ1) is 14.1. The molecule has 0 bridgehead atoms. The standard InChI is InChI=1S/C25H30N2O3/c1-13(2)18-11-20-21(12-19(18)14(3)4)26-24(28)22(15(5)6)27-23(20)16-7-9-17(10-8-16)25(29)30/h7-15,22H,1-6H3,(H,26,28)(H,29,30). The highest BCUT2D eigenvalue weighted by molar-refractivity contribution is 6.20. The summed E-state index contributed by atoms with van der Waals surface area (Å²) in [6, 6.07) is 10.4. The normalized spacial score (nSPS) is 16.4. The van der Waals surface area contributed by atoms with Gasteiger partial charge in [0.05, 0.1) is 17.0 Å². The first kappa shape index (κ1) is 21.8. The van der Waals surface area contributed by atoms with Crippen LogP contribution in [0.4, 0.5) is 5.69 Å². The van der Waals surface area contributed by atoms with E-state index in [9.17, 15) is 14.7 Å². The van der Waals surface area contributed by atoms with Gasteiger partial charge >= 0.3 is 5.97 Å². The maximum Gasteiger partial charge on any atom is 0.335 e. The van der Waals surface area contributed by atoms with E-state index in [0.29, 0.717) is 11.8 Å². The minimum Gasteiger partial charge on any atom is -0.478 e.